The number of rotatable bonds is 4. The van der Waals surface area contributed by atoms with Gasteiger partial charge in [-0.3, -0.25) is 4.90 Å². The van der Waals surface area contributed by atoms with Crippen molar-refractivity contribution in [3.05, 3.63) is 22.9 Å². The van der Waals surface area contributed by atoms with Crippen molar-refractivity contribution >= 4 is 11.5 Å². The van der Waals surface area contributed by atoms with E-state index in [1.807, 2.05) is 0 Å². The van der Waals surface area contributed by atoms with Gasteiger partial charge in [-0.05, 0) is 6.92 Å². The van der Waals surface area contributed by atoms with Crippen LogP contribution >= 0.6 is 0 Å². The van der Waals surface area contributed by atoms with E-state index in [1.165, 1.54) is 10.7 Å². The zero-order chi connectivity index (χ0) is 13.9. The second-order valence-electron chi connectivity index (χ2n) is 4.99. The minimum absolute atomic E-state index is 0.258. The van der Waals surface area contributed by atoms with E-state index in [0.717, 1.165) is 38.7 Å². The number of anilines is 1. The highest BCUT2D eigenvalue weighted by Gasteiger charge is 2.14. The number of hydrogen-bond acceptors (Lipinski definition) is 6. The quantitative estimate of drug-likeness (QED) is 0.787. The van der Waals surface area contributed by atoms with Crippen LogP contribution in [0.15, 0.2) is 17.2 Å². The summed E-state index contributed by atoms with van der Waals surface area (Å²) in [6, 6.07) is 2.02. The molecule has 0 radical (unpaired) electrons. The zero-order valence-electron chi connectivity index (χ0n) is 11.4. The van der Waals surface area contributed by atoms with Gasteiger partial charge in [0.05, 0.1) is 13.2 Å². The van der Waals surface area contributed by atoms with Gasteiger partial charge in [-0.25, -0.2) is 19.3 Å². The molecule has 1 aliphatic heterocycles. The number of H-pyrrole nitrogens is 1. The molecule has 1 atom stereocenters. The van der Waals surface area contributed by atoms with Gasteiger partial charge in [0.2, 0.25) is 0 Å². The lowest BCUT2D eigenvalue weighted by Crippen LogP contribution is -2.42. The van der Waals surface area contributed by atoms with Crippen LogP contribution in [-0.2, 0) is 4.74 Å². The van der Waals surface area contributed by atoms with Crippen molar-refractivity contribution in [3.63, 3.8) is 0 Å². The summed E-state index contributed by atoms with van der Waals surface area (Å²) in [7, 11) is 0. The molecule has 20 heavy (non-hydrogen) atoms. The Morgan fingerprint density at radius 1 is 1.50 bits per heavy atom. The molecule has 8 heteroatoms. The second-order valence-corrected chi connectivity index (χ2v) is 4.99. The van der Waals surface area contributed by atoms with Crippen LogP contribution in [0, 0.1) is 0 Å². The Balaban J connectivity index is 1.64. The van der Waals surface area contributed by atoms with Gasteiger partial charge in [-0.1, -0.05) is 0 Å². The molecule has 3 rings (SSSR count). The van der Waals surface area contributed by atoms with E-state index in [2.05, 4.69) is 32.3 Å². The molecule has 0 amide bonds. The van der Waals surface area contributed by atoms with E-state index < -0.39 is 0 Å². The second kappa shape index (κ2) is 5.59. The molecule has 2 N–H and O–H groups in total. The predicted octanol–water partition coefficient (Wildman–Crippen LogP) is -0.450. The number of morpholine rings is 1. The van der Waals surface area contributed by atoms with Crippen LogP contribution in [-0.4, -0.2) is 63.4 Å². The van der Waals surface area contributed by atoms with Crippen LogP contribution in [0.4, 0.5) is 5.82 Å². The van der Waals surface area contributed by atoms with E-state index in [0.29, 0.717) is 5.65 Å². The summed E-state index contributed by atoms with van der Waals surface area (Å²) in [6.07, 6.45) is 1.48. The van der Waals surface area contributed by atoms with Gasteiger partial charge in [-0.2, -0.15) is 5.10 Å². The molecule has 2 aromatic heterocycles. The van der Waals surface area contributed by atoms with Crippen LogP contribution in [0.2, 0.25) is 0 Å². The lowest BCUT2D eigenvalue weighted by atomic mass is 10.3. The third-order valence-corrected chi connectivity index (χ3v) is 3.34. The molecule has 1 aliphatic rings. The smallest absolute Gasteiger partial charge is 0.348 e. The molecule has 108 valence electrons. The first-order valence-electron chi connectivity index (χ1n) is 6.72. The molecule has 0 bridgehead atoms. The zero-order valence-corrected chi connectivity index (χ0v) is 11.4. The number of aromatic nitrogens is 4. The van der Waals surface area contributed by atoms with E-state index >= 15 is 0 Å². The van der Waals surface area contributed by atoms with Gasteiger partial charge < -0.3 is 10.1 Å². The average molecular weight is 278 g/mol. The lowest BCUT2D eigenvalue weighted by Gasteiger charge is -2.29. The third kappa shape index (κ3) is 2.81. The Hall–Kier alpha value is -1.93. The highest BCUT2D eigenvalue weighted by atomic mass is 16.5. The van der Waals surface area contributed by atoms with E-state index in [-0.39, 0.29) is 11.7 Å². The van der Waals surface area contributed by atoms with Gasteiger partial charge in [0.1, 0.15) is 12.1 Å². The van der Waals surface area contributed by atoms with Crippen LogP contribution in [0.1, 0.15) is 6.92 Å². The maximum Gasteiger partial charge on any atom is 0.348 e. The molecule has 0 spiro atoms. The topological polar surface area (TPSA) is 87.5 Å². The van der Waals surface area contributed by atoms with Crippen LogP contribution < -0.4 is 11.0 Å². The van der Waals surface area contributed by atoms with E-state index in [9.17, 15) is 4.79 Å². The molecular weight excluding hydrogens is 260 g/mol. The normalized spacial score (nSPS) is 18.2. The third-order valence-electron chi connectivity index (χ3n) is 3.34. The minimum atomic E-state index is -0.277. The van der Waals surface area contributed by atoms with Crippen molar-refractivity contribution in [2.24, 2.45) is 0 Å². The Labute approximate surface area is 115 Å². The maximum atomic E-state index is 11.3. The predicted molar refractivity (Wildman–Crippen MR) is 74.0 cm³/mol. The number of fused-ring (bicyclic) bond motifs is 1. The monoisotopic (exact) mass is 278 g/mol. The van der Waals surface area contributed by atoms with Gasteiger partial charge in [0.25, 0.3) is 0 Å². The summed E-state index contributed by atoms with van der Waals surface area (Å²) in [4.78, 5) is 17.9. The van der Waals surface area contributed by atoms with Crippen molar-refractivity contribution in [2.45, 2.75) is 13.0 Å². The Morgan fingerprint density at radius 2 is 2.30 bits per heavy atom. The Morgan fingerprint density at radius 3 is 3.10 bits per heavy atom. The van der Waals surface area contributed by atoms with Crippen LogP contribution in [0.25, 0.3) is 5.65 Å². The lowest BCUT2D eigenvalue weighted by molar-refractivity contribution is 0.0368. The molecule has 3 heterocycles. The SMILES string of the molecule is CC(CN1CCOCC1)Nc1cc2n[nH]c(=O)n2cn1. The number of nitrogens with zero attached hydrogens (tertiary/aromatic N) is 4. The van der Waals surface area contributed by atoms with Crippen molar-refractivity contribution in [2.75, 3.05) is 38.2 Å². The maximum absolute atomic E-state index is 11.3. The number of aromatic amines is 1. The molecule has 0 aliphatic carbocycles. The summed E-state index contributed by atoms with van der Waals surface area (Å²) in [5, 5.41) is 9.64. The first kappa shape index (κ1) is 13.1. The molecule has 1 fully saturated rings. The van der Waals surface area contributed by atoms with Gasteiger partial charge in [0, 0.05) is 31.7 Å². The van der Waals surface area contributed by atoms with Gasteiger partial charge >= 0.3 is 5.69 Å². The fraction of sp³-hybridized carbons (Fsp3) is 0.583. The van der Waals surface area contributed by atoms with E-state index in [4.69, 9.17) is 4.74 Å². The fourth-order valence-electron chi connectivity index (χ4n) is 2.36. The summed E-state index contributed by atoms with van der Waals surface area (Å²) in [5.74, 6) is 0.720. The first-order chi connectivity index (χ1) is 9.72. The van der Waals surface area contributed by atoms with Gasteiger partial charge in [-0.15, -0.1) is 0 Å². The molecular formula is C12H18N6O2. The largest absolute Gasteiger partial charge is 0.379 e. The highest BCUT2D eigenvalue weighted by molar-refractivity contribution is 5.48. The molecule has 1 saturated heterocycles. The van der Waals surface area contributed by atoms with E-state index in [1.54, 1.807) is 6.07 Å². The minimum Gasteiger partial charge on any atom is -0.379 e. The number of ether oxygens (including phenoxy) is 1. The summed E-state index contributed by atoms with van der Waals surface area (Å²) < 4.78 is 6.70. The Bertz CT molecular complexity index is 630. The molecule has 8 nitrogen and oxygen atoms in total. The fourth-order valence-corrected chi connectivity index (χ4v) is 2.36. The van der Waals surface area contributed by atoms with Crippen molar-refractivity contribution < 1.29 is 4.74 Å². The molecule has 0 aromatic carbocycles. The summed E-state index contributed by atoms with van der Waals surface area (Å²) in [5.41, 5.74) is 0.284. The number of hydrogen-bond donors (Lipinski definition) is 2. The van der Waals surface area contributed by atoms with Crippen LogP contribution in [0.3, 0.4) is 0 Å². The summed E-state index contributed by atoms with van der Waals surface area (Å²) in [6.45, 7) is 6.57. The molecule has 0 saturated carbocycles. The number of nitrogens with one attached hydrogen (secondary N) is 2. The summed E-state index contributed by atoms with van der Waals surface area (Å²) >= 11 is 0. The molecule has 1 unspecified atom stereocenters. The van der Waals surface area contributed by atoms with Crippen molar-refractivity contribution in [3.8, 4) is 0 Å². The Kier molecular flexibility index (Phi) is 3.66. The van der Waals surface area contributed by atoms with Gasteiger partial charge in [0.15, 0.2) is 5.65 Å². The van der Waals surface area contributed by atoms with Crippen molar-refractivity contribution in [1.29, 1.82) is 0 Å². The highest BCUT2D eigenvalue weighted by Crippen LogP contribution is 2.07. The average Bonchev–Trinajstić information content (AvgIpc) is 2.81. The standard InChI is InChI=1S/C12H18N6O2/c1-9(7-17-2-4-20-5-3-17)14-10-6-11-15-16-12(19)18(11)8-13-10/h6,8-9,14H,2-5,7H2,1H3,(H,16,19). The first-order valence-corrected chi connectivity index (χ1v) is 6.72. The molecule has 2 aromatic rings. The van der Waals surface area contributed by atoms with Crippen LogP contribution in [0.5, 0.6) is 0 Å². The van der Waals surface area contributed by atoms with Crippen molar-refractivity contribution in [1.82, 2.24) is 24.5 Å².